The number of hydrogen-bond acceptors (Lipinski definition) is 5. The zero-order chi connectivity index (χ0) is 16.9. The topological polar surface area (TPSA) is 60.2 Å². The molecule has 0 unspecified atom stereocenters. The van der Waals surface area contributed by atoms with Gasteiger partial charge < -0.3 is 14.5 Å². The maximum Gasteiger partial charge on any atom is 0.249 e. The predicted molar refractivity (Wildman–Crippen MR) is 94.3 cm³/mol. The standard InChI is InChI=1S/C18H18ClN3O2/c1-12(2)23-16-10-6-5-9-15(16)20-11-17-21-22-18(24-17)13-7-3-4-8-14(13)19/h3-10,12,20H,11H2,1-2H3. The molecule has 0 spiro atoms. The molecule has 0 aliphatic carbocycles. The van der Waals surface area contributed by atoms with E-state index in [-0.39, 0.29) is 6.10 Å². The van der Waals surface area contributed by atoms with Crippen molar-refractivity contribution in [3.8, 4) is 17.2 Å². The molecule has 0 radical (unpaired) electrons. The van der Waals surface area contributed by atoms with Crippen LogP contribution in [0.15, 0.2) is 52.9 Å². The van der Waals surface area contributed by atoms with Gasteiger partial charge in [0.2, 0.25) is 11.8 Å². The fourth-order valence-corrected chi connectivity index (χ4v) is 2.43. The number of halogens is 1. The van der Waals surface area contributed by atoms with Crippen LogP contribution >= 0.6 is 11.6 Å². The van der Waals surface area contributed by atoms with E-state index >= 15 is 0 Å². The number of benzene rings is 2. The van der Waals surface area contributed by atoms with E-state index < -0.39 is 0 Å². The van der Waals surface area contributed by atoms with Crippen LogP contribution in [0.5, 0.6) is 5.75 Å². The molecule has 6 heteroatoms. The fourth-order valence-electron chi connectivity index (χ4n) is 2.21. The van der Waals surface area contributed by atoms with Crippen LogP contribution < -0.4 is 10.1 Å². The first-order valence-corrected chi connectivity index (χ1v) is 8.08. The molecule has 3 aromatic rings. The molecule has 0 atom stereocenters. The number of anilines is 1. The first kappa shape index (κ1) is 16.3. The molecule has 24 heavy (non-hydrogen) atoms. The van der Waals surface area contributed by atoms with Gasteiger partial charge >= 0.3 is 0 Å². The molecule has 5 nitrogen and oxygen atoms in total. The fraction of sp³-hybridized carbons (Fsp3) is 0.222. The van der Waals surface area contributed by atoms with Crippen molar-refractivity contribution >= 4 is 17.3 Å². The number of hydrogen-bond donors (Lipinski definition) is 1. The van der Waals surface area contributed by atoms with E-state index in [0.29, 0.717) is 23.3 Å². The Morgan fingerprint density at radius 2 is 1.83 bits per heavy atom. The van der Waals surface area contributed by atoms with Gasteiger partial charge in [-0.05, 0) is 38.1 Å². The van der Waals surface area contributed by atoms with Gasteiger partial charge in [-0.2, -0.15) is 0 Å². The summed E-state index contributed by atoms with van der Waals surface area (Å²) < 4.78 is 11.5. The van der Waals surface area contributed by atoms with E-state index in [1.54, 1.807) is 6.07 Å². The Labute approximate surface area is 145 Å². The van der Waals surface area contributed by atoms with Gasteiger partial charge in [0.1, 0.15) is 5.75 Å². The van der Waals surface area contributed by atoms with Gasteiger partial charge in [0.05, 0.1) is 28.9 Å². The molecule has 2 aromatic carbocycles. The van der Waals surface area contributed by atoms with Crippen molar-refractivity contribution < 1.29 is 9.15 Å². The van der Waals surface area contributed by atoms with Crippen molar-refractivity contribution in [3.63, 3.8) is 0 Å². The van der Waals surface area contributed by atoms with Crippen LogP contribution in [-0.4, -0.2) is 16.3 Å². The van der Waals surface area contributed by atoms with Gasteiger partial charge in [-0.25, -0.2) is 0 Å². The smallest absolute Gasteiger partial charge is 0.249 e. The molecule has 124 valence electrons. The van der Waals surface area contributed by atoms with Crippen LogP contribution in [0.3, 0.4) is 0 Å². The number of ether oxygens (including phenoxy) is 1. The lowest BCUT2D eigenvalue weighted by atomic mass is 10.2. The quantitative estimate of drug-likeness (QED) is 0.697. The van der Waals surface area contributed by atoms with Gasteiger partial charge in [-0.15, -0.1) is 10.2 Å². The monoisotopic (exact) mass is 343 g/mol. The second kappa shape index (κ2) is 7.36. The lowest BCUT2D eigenvalue weighted by Crippen LogP contribution is -2.08. The van der Waals surface area contributed by atoms with Crippen molar-refractivity contribution in [2.75, 3.05) is 5.32 Å². The highest BCUT2D eigenvalue weighted by Gasteiger charge is 2.12. The zero-order valence-corrected chi connectivity index (χ0v) is 14.2. The number of nitrogens with zero attached hydrogens (tertiary/aromatic N) is 2. The third kappa shape index (κ3) is 3.86. The SMILES string of the molecule is CC(C)Oc1ccccc1NCc1nnc(-c2ccccc2Cl)o1. The van der Waals surface area contributed by atoms with Crippen molar-refractivity contribution in [1.29, 1.82) is 0 Å². The number of para-hydroxylation sites is 2. The summed E-state index contributed by atoms with van der Waals surface area (Å²) in [5, 5.41) is 12.0. The van der Waals surface area contributed by atoms with Crippen molar-refractivity contribution in [3.05, 3.63) is 59.4 Å². The Hall–Kier alpha value is -2.53. The molecule has 0 fully saturated rings. The Morgan fingerprint density at radius 3 is 2.62 bits per heavy atom. The van der Waals surface area contributed by atoms with Crippen LogP contribution in [-0.2, 0) is 6.54 Å². The van der Waals surface area contributed by atoms with Crippen molar-refractivity contribution in [2.45, 2.75) is 26.5 Å². The summed E-state index contributed by atoms with van der Waals surface area (Å²) in [6.45, 7) is 4.38. The van der Waals surface area contributed by atoms with E-state index in [4.69, 9.17) is 20.8 Å². The molecule has 0 saturated heterocycles. The summed E-state index contributed by atoms with van der Waals surface area (Å²) in [5.74, 6) is 1.67. The highest BCUT2D eigenvalue weighted by molar-refractivity contribution is 6.33. The molecule has 0 aliphatic rings. The second-order valence-electron chi connectivity index (χ2n) is 5.50. The van der Waals surface area contributed by atoms with Crippen LogP contribution in [0, 0.1) is 0 Å². The van der Waals surface area contributed by atoms with Crippen molar-refractivity contribution in [2.24, 2.45) is 0 Å². The molecule has 3 rings (SSSR count). The summed E-state index contributed by atoms with van der Waals surface area (Å²) in [6.07, 6.45) is 0.100. The molecule has 0 amide bonds. The van der Waals surface area contributed by atoms with Crippen molar-refractivity contribution in [1.82, 2.24) is 10.2 Å². The Balaban J connectivity index is 1.72. The van der Waals surface area contributed by atoms with Gasteiger partial charge in [0.25, 0.3) is 0 Å². The van der Waals surface area contributed by atoms with E-state index in [1.807, 2.05) is 56.3 Å². The molecular weight excluding hydrogens is 326 g/mol. The van der Waals surface area contributed by atoms with Crippen LogP contribution in [0.1, 0.15) is 19.7 Å². The van der Waals surface area contributed by atoms with Crippen LogP contribution in [0.4, 0.5) is 5.69 Å². The molecule has 1 heterocycles. The summed E-state index contributed by atoms with van der Waals surface area (Å²) in [6, 6.07) is 15.1. The van der Waals surface area contributed by atoms with E-state index in [2.05, 4.69) is 15.5 Å². The highest BCUT2D eigenvalue weighted by atomic mass is 35.5. The zero-order valence-electron chi connectivity index (χ0n) is 13.5. The number of nitrogens with one attached hydrogen (secondary N) is 1. The summed E-state index contributed by atoms with van der Waals surface area (Å²) in [4.78, 5) is 0. The molecule has 0 bridgehead atoms. The third-order valence-corrected chi connectivity index (χ3v) is 3.58. The predicted octanol–water partition coefficient (Wildman–Crippen LogP) is 4.79. The van der Waals surface area contributed by atoms with Crippen LogP contribution in [0.2, 0.25) is 5.02 Å². The second-order valence-corrected chi connectivity index (χ2v) is 5.90. The van der Waals surface area contributed by atoms with E-state index in [1.165, 1.54) is 0 Å². The maximum absolute atomic E-state index is 6.15. The summed E-state index contributed by atoms with van der Waals surface area (Å²) in [5.41, 5.74) is 1.60. The van der Waals surface area contributed by atoms with Crippen LogP contribution in [0.25, 0.3) is 11.5 Å². The molecule has 1 N–H and O–H groups in total. The lowest BCUT2D eigenvalue weighted by molar-refractivity contribution is 0.243. The van der Waals surface area contributed by atoms with Gasteiger partial charge in [0.15, 0.2) is 0 Å². The normalized spacial score (nSPS) is 10.8. The number of aromatic nitrogens is 2. The Kier molecular flexibility index (Phi) is 5.01. The molecule has 0 saturated carbocycles. The maximum atomic E-state index is 6.15. The summed E-state index contributed by atoms with van der Waals surface area (Å²) in [7, 11) is 0. The minimum Gasteiger partial charge on any atom is -0.489 e. The van der Waals surface area contributed by atoms with E-state index in [0.717, 1.165) is 17.0 Å². The number of rotatable bonds is 6. The minimum absolute atomic E-state index is 0.100. The highest BCUT2D eigenvalue weighted by Crippen LogP contribution is 2.28. The Bertz CT molecular complexity index is 817. The summed E-state index contributed by atoms with van der Waals surface area (Å²) >= 11 is 6.15. The average molecular weight is 344 g/mol. The molecule has 0 aliphatic heterocycles. The largest absolute Gasteiger partial charge is 0.489 e. The first-order valence-electron chi connectivity index (χ1n) is 7.70. The average Bonchev–Trinajstić information content (AvgIpc) is 3.03. The first-order chi connectivity index (χ1) is 11.6. The van der Waals surface area contributed by atoms with Gasteiger partial charge in [-0.3, -0.25) is 0 Å². The Morgan fingerprint density at radius 1 is 1.08 bits per heavy atom. The van der Waals surface area contributed by atoms with Gasteiger partial charge in [0, 0.05) is 0 Å². The minimum atomic E-state index is 0.100. The lowest BCUT2D eigenvalue weighted by Gasteiger charge is -2.14. The van der Waals surface area contributed by atoms with E-state index in [9.17, 15) is 0 Å². The third-order valence-electron chi connectivity index (χ3n) is 3.25. The molecular formula is C18H18ClN3O2. The van der Waals surface area contributed by atoms with Gasteiger partial charge in [-0.1, -0.05) is 35.9 Å². The molecule has 1 aromatic heterocycles.